The van der Waals surface area contributed by atoms with Gasteiger partial charge in [0.05, 0.1) is 6.54 Å². The zero-order valence-corrected chi connectivity index (χ0v) is 14.2. The van der Waals surface area contributed by atoms with Crippen molar-refractivity contribution >= 4 is 17.2 Å². The molecule has 4 heteroatoms. The summed E-state index contributed by atoms with van der Waals surface area (Å²) in [5.74, 6) is 0.843. The summed E-state index contributed by atoms with van der Waals surface area (Å²) in [6, 6.07) is 11.8. The fourth-order valence-electron chi connectivity index (χ4n) is 2.09. The van der Waals surface area contributed by atoms with E-state index in [0.717, 1.165) is 17.0 Å². The molecule has 0 fully saturated rings. The third-order valence-corrected chi connectivity index (χ3v) is 4.60. The van der Waals surface area contributed by atoms with E-state index in [4.69, 9.17) is 4.74 Å². The van der Waals surface area contributed by atoms with Crippen LogP contribution in [0.2, 0.25) is 0 Å². The third kappa shape index (κ3) is 4.60. The van der Waals surface area contributed by atoms with Crippen LogP contribution in [0.1, 0.15) is 30.7 Å². The van der Waals surface area contributed by atoms with Crippen LogP contribution in [0.15, 0.2) is 41.8 Å². The highest BCUT2D eigenvalue weighted by Gasteiger charge is 2.26. The van der Waals surface area contributed by atoms with E-state index >= 15 is 0 Å². The van der Waals surface area contributed by atoms with Gasteiger partial charge in [-0.25, -0.2) is 0 Å². The van der Waals surface area contributed by atoms with Gasteiger partial charge in [-0.15, -0.1) is 11.3 Å². The number of thiophene rings is 1. The van der Waals surface area contributed by atoms with E-state index in [9.17, 15) is 4.79 Å². The van der Waals surface area contributed by atoms with Gasteiger partial charge in [-0.05, 0) is 36.9 Å². The molecule has 22 heavy (non-hydrogen) atoms. The number of benzene rings is 1. The second-order valence-electron chi connectivity index (χ2n) is 5.53. The minimum atomic E-state index is -0.465. The SMILES string of the molecule is CCC(C)C(Oc1ccc(C)cc1)C(=O)NCc1cccs1. The monoisotopic (exact) mass is 317 g/mol. The third-order valence-electron chi connectivity index (χ3n) is 3.72. The summed E-state index contributed by atoms with van der Waals surface area (Å²) in [5, 5.41) is 4.99. The maximum Gasteiger partial charge on any atom is 0.261 e. The van der Waals surface area contributed by atoms with Crippen LogP contribution in [-0.2, 0) is 11.3 Å². The molecule has 0 bridgehead atoms. The molecule has 0 saturated heterocycles. The summed E-state index contributed by atoms with van der Waals surface area (Å²) < 4.78 is 5.95. The number of ether oxygens (including phenoxy) is 1. The Morgan fingerprint density at radius 3 is 2.59 bits per heavy atom. The van der Waals surface area contributed by atoms with Crippen molar-refractivity contribution < 1.29 is 9.53 Å². The Morgan fingerprint density at radius 1 is 1.27 bits per heavy atom. The molecule has 0 saturated carbocycles. The smallest absolute Gasteiger partial charge is 0.261 e. The van der Waals surface area contributed by atoms with Crippen molar-refractivity contribution in [3.8, 4) is 5.75 Å². The molecular formula is C18H23NO2S. The Balaban J connectivity index is 2.01. The van der Waals surface area contributed by atoms with Crippen molar-refractivity contribution in [2.75, 3.05) is 0 Å². The van der Waals surface area contributed by atoms with Gasteiger partial charge in [0.2, 0.25) is 0 Å². The minimum absolute atomic E-state index is 0.0525. The fraction of sp³-hybridized carbons (Fsp3) is 0.389. The normalized spacial score (nSPS) is 13.4. The summed E-state index contributed by atoms with van der Waals surface area (Å²) in [5.41, 5.74) is 1.18. The van der Waals surface area contributed by atoms with Crippen LogP contribution in [-0.4, -0.2) is 12.0 Å². The van der Waals surface area contributed by atoms with E-state index in [1.54, 1.807) is 11.3 Å². The molecule has 0 aliphatic heterocycles. The van der Waals surface area contributed by atoms with Crippen LogP contribution in [0, 0.1) is 12.8 Å². The van der Waals surface area contributed by atoms with Crippen molar-refractivity contribution in [3.63, 3.8) is 0 Å². The van der Waals surface area contributed by atoms with Gasteiger partial charge in [-0.3, -0.25) is 4.79 Å². The van der Waals surface area contributed by atoms with Gasteiger partial charge in [-0.1, -0.05) is 37.6 Å². The van der Waals surface area contributed by atoms with E-state index in [2.05, 4.69) is 12.2 Å². The van der Waals surface area contributed by atoms with Crippen molar-refractivity contribution in [2.24, 2.45) is 5.92 Å². The molecule has 0 aliphatic carbocycles. The first-order chi connectivity index (χ1) is 10.6. The Hall–Kier alpha value is -1.81. The number of carbonyl (C=O) groups excluding carboxylic acids is 1. The molecule has 2 atom stereocenters. The average Bonchev–Trinajstić information content (AvgIpc) is 3.04. The van der Waals surface area contributed by atoms with Gasteiger partial charge in [0.25, 0.3) is 5.91 Å². The van der Waals surface area contributed by atoms with Crippen molar-refractivity contribution in [1.82, 2.24) is 5.32 Å². The molecule has 1 N–H and O–H groups in total. The number of hydrogen-bond donors (Lipinski definition) is 1. The highest BCUT2D eigenvalue weighted by atomic mass is 32.1. The summed E-state index contributed by atoms with van der Waals surface area (Å²) in [7, 11) is 0. The van der Waals surface area contributed by atoms with E-state index in [0.29, 0.717) is 6.54 Å². The van der Waals surface area contributed by atoms with E-state index in [1.807, 2.05) is 55.6 Å². The number of hydrogen-bond acceptors (Lipinski definition) is 3. The van der Waals surface area contributed by atoms with Crippen LogP contribution < -0.4 is 10.1 Å². The Kier molecular flexibility index (Phi) is 6.01. The zero-order valence-electron chi connectivity index (χ0n) is 13.3. The lowest BCUT2D eigenvalue weighted by atomic mass is 10.0. The van der Waals surface area contributed by atoms with Gasteiger partial charge in [0.1, 0.15) is 5.75 Å². The molecule has 0 radical (unpaired) electrons. The van der Waals surface area contributed by atoms with Gasteiger partial charge < -0.3 is 10.1 Å². The molecule has 2 rings (SSSR count). The molecule has 118 valence electrons. The van der Waals surface area contributed by atoms with E-state index in [1.165, 1.54) is 5.56 Å². The average molecular weight is 317 g/mol. The summed E-state index contributed by atoms with van der Waals surface area (Å²) in [6.07, 6.45) is 0.427. The fourth-order valence-corrected chi connectivity index (χ4v) is 2.74. The molecule has 0 aliphatic rings. The van der Waals surface area contributed by atoms with E-state index < -0.39 is 6.10 Å². The standard InChI is InChI=1S/C18H23NO2S/c1-4-14(3)17(21-15-9-7-13(2)8-10-15)18(20)19-12-16-6-5-11-22-16/h5-11,14,17H,4,12H2,1-3H3,(H,19,20). The minimum Gasteiger partial charge on any atom is -0.480 e. The first kappa shape index (κ1) is 16.6. The lowest BCUT2D eigenvalue weighted by Gasteiger charge is -2.23. The highest BCUT2D eigenvalue weighted by Crippen LogP contribution is 2.19. The lowest BCUT2D eigenvalue weighted by Crippen LogP contribution is -2.42. The second-order valence-corrected chi connectivity index (χ2v) is 6.57. The molecule has 1 aromatic heterocycles. The number of carbonyl (C=O) groups is 1. The number of amides is 1. The first-order valence-electron chi connectivity index (χ1n) is 7.63. The topological polar surface area (TPSA) is 38.3 Å². The predicted molar refractivity (Wildman–Crippen MR) is 91.2 cm³/mol. The van der Waals surface area contributed by atoms with Gasteiger partial charge in [-0.2, -0.15) is 0 Å². The predicted octanol–water partition coefficient (Wildman–Crippen LogP) is 4.17. The lowest BCUT2D eigenvalue weighted by molar-refractivity contribution is -0.130. The molecule has 1 heterocycles. The van der Waals surface area contributed by atoms with Crippen LogP contribution in [0.5, 0.6) is 5.75 Å². The molecule has 1 aromatic carbocycles. The van der Waals surface area contributed by atoms with Crippen molar-refractivity contribution in [2.45, 2.75) is 39.8 Å². The second kappa shape index (κ2) is 7.99. The summed E-state index contributed by atoms with van der Waals surface area (Å²) >= 11 is 1.64. The van der Waals surface area contributed by atoms with Crippen molar-refractivity contribution in [3.05, 3.63) is 52.2 Å². The molecule has 3 nitrogen and oxygen atoms in total. The molecule has 2 aromatic rings. The quantitative estimate of drug-likeness (QED) is 0.832. The number of nitrogens with one attached hydrogen (secondary N) is 1. The largest absolute Gasteiger partial charge is 0.480 e. The Labute approximate surface area is 136 Å². The molecule has 0 spiro atoms. The summed E-state index contributed by atoms with van der Waals surface area (Å²) in [4.78, 5) is 13.6. The number of rotatable bonds is 7. The maximum absolute atomic E-state index is 12.5. The van der Waals surface area contributed by atoms with Crippen LogP contribution in [0.4, 0.5) is 0 Å². The van der Waals surface area contributed by atoms with Crippen LogP contribution in [0.3, 0.4) is 0 Å². The van der Waals surface area contributed by atoms with Gasteiger partial charge in [0.15, 0.2) is 6.10 Å². The molecular weight excluding hydrogens is 294 g/mol. The van der Waals surface area contributed by atoms with Crippen LogP contribution >= 0.6 is 11.3 Å². The molecule has 2 unspecified atom stereocenters. The maximum atomic E-state index is 12.5. The van der Waals surface area contributed by atoms with E-state index in [-0.39, 0.29) is 11.8 Å². The molecule has 1 amide bonds. The van der Waals surface area contributed by atoms with Gasteiger partial charge in [0, 0.05) is 10.8 Å². The Bertz CT molecular complexity index is 578. The zero-order chi connectivity index (χ0) is 15.9. The van der Waals surface area contributed by atoms with Crippen LogP contribution in [0.25, 0.3) is 0 Å². The highest BCUT2D eigenvalue weighted by molar-refractivity contribution is 7.09. The summed E-state index contributed by atoms with van der Waals surface area (Å²) in [6.45, 7) is 6.71. The number of aryl methyl sites for hydroxylation is 1. The van der Waals surface area contributed by atoms with Crippen molar-refractivity contribution in [1.29, 1.82) is 0 Å². The van der Waals surface area contributed by atoms with Gasteiger partial charge >= 0.3 is 0 Å². The first-order valence-corrected chi connectivity index (χ1v) is 8.51. The Morgan fingerprint density at radius 2 is 2.00 bits per heavy atom.